The Hall–Kier alpha value is -3.56. The van der Waals surface area contributed by atoms with Crippen LogP contribution < -0.4 is 5.56 Å². The van der Waals surface area contributed by atoms with Crippen molar-refractivity contribution in [2.24, 2.45) is 0 Å². The molecule has 3 aromatic carbocycles. The minimum Gasteiger partial charge on any atom is -0.378 e. The van der Waals surface area contributed by atoms with Crippen LogP contribution in [0.1, 0.15) is 15.9 Å². The molecule has 2 heterocycles. The van der Waals surface area contributed by atoms with Crippen molar-refractivity contribution in [1.29, 1.82) is 0 Å². The molecule has 0 saturated carbocycles. The summed E-state index contributed by atoms with van der Waals surface area (Å²) < 4.78 is 33.9. The number of morpholine rings is 1. The number of carbonyl (C=O) groups is 1. The molecular formula is C26H21F2N3O3S. The lowest BCUT2D eigenvalue weighted by molar-refractivity contribution is 0.0303. The molecule has 0 bridgehead atoms. The number of hydrogen-bond acceptors (Lipinski definition) is 5. The number of halogens is 2. The Labute approximate surface area is 204 Å². The molecule has 5 rings (SSSR count). The Bertz CT molecular complexity index is 1450. The van der Waals surface area contributed by atoms with Crippen LogP contribution in [0.4, 0.5) is 8.78 Å². The molecule has 0 aliphatic carbocycles. The predicted octanol–water partition coefficient (Wildman–Crippen LogP) is 4.43. The lowest BCUT2D eigenvalue weighted by Gasteiger charge is -2.26. The van der Waals surface area contributed by atoms with Crippen molar-refractivity contribution in [2.45, 2.75) is 10.9 Å². The number of rotatable bonds is 5. The van der Waals surface area contributed by atoms with Gasteiger partial charge in [-0.25, -0.2) is 13.8 Å². The van der Waals surface area contributed by atoms with E-state index in [2.05, 4.69) is 0 Å². The summed E-state index contributed by atoms with van der Waals surface area (Å²) in [5, 5.41) is 0.692. The summed E-state index contributed by atoms with van der Waals surface area (Å²) in [6.45, 7) is 1.98. The van der Waals surface area contributed by atoms with E-state index in [9.17, 15) is 18.4 Å². The molecule has 4 aromatic rings. The monoisotopic (exact) mass is 493 g/mol. The van der Waals surface area contributed by atoms with Crippen molar-refractivity contribution in [3.05, 3.63) is 99.8 Å². The van der Waals surface area contributed by atoms with Gasteiger partial charge >= 0.3 is 0 Å². The number of thioether (sulfide) groups is 1. The van der Waals surface area contributed by atoms with Crippen LogP contribution in [0, 0.1) is 11.6 Å². The third-order valence-electron chi connectivity index (χ3n) is 5.73. The smallest absolute Gasteiger partial charge is 0.266 e. The number of benzene rings is 3. The van der Waals surface area contributed by atoms with E-state index < -0.39 is 5.82 Å². The molecule has 178 valence electrons. The molecule has 0 spiro atoms. The van der Waals surface area contributed by atoms with Crippen molar-refractivity contribution >= 4 is 28.6 Å². The molecule has 0 atom stereocenters. The first kappa shape index (κ1) is 23.2. The Kier molecular flexibility index (Phi) is 6.61. The number of nitrogens with zero attached hydrogens (tertiary/aromatic N) is 3. The number of aromatic nitrogens is 2. The Morgan fingerprint density at radius 3 is 2.49 bits per heavy atom. The summed E-state index contributed by atoms with van der Waals surface area (Å²) in [5.74, 6) is -0.551. The van der Waals surface area contributed by atoms with Gasteiger partial charge in [0.05, 0.1) is 29.8 Å². The standard InChI is InChI=1S/C26H21F2N3O3S/c27-19-5-7-21(8-6-19)31-25(33)22-9-4-18(24(32)30-10-12-34-13-11-30)15-23(22)29-26(31)35-16-17-2-1-3-20(28)14-17/h1-9,14-15H,10-13,16H2. The molecule has 1 amide bonds. The van der Waals surface area contributed by atoms with Gasteiger partial charge in [0.1, 0.15) is 11.6 Å². The van der Waals surface area contributed by atoms with Gasteiger partial charge in [-0.15, -0.1) is 0 Å². The third kappa shape index (κ3) is 4.96. The molecule has 0 unspecified atom stereocenters. The van der Waals surface area contributed by atoms with Gasteiger partial charge in [0, 0.05) is 24.4 Å². The highest BCUT2D eigenvalue weighted by Gasteiger charge is 2.20. The van der Waals surface area contributed by atoms with Gasteiger partial charge < -0.3 is 9.64 Å². The lowest BCUT2D eigenvalue weighted by Crippen LogP contribution is -2.40. The van der Waals surface area contributed by atoms with Gasteiger partial charge in [-0.1, -0.05) is 23.9 Å². The van der Waals surface area contributed by atoms with E-state index in [4.69, 9.17) is 9.72 Å². The SMILES string of the molecule is O=C(c1ccc2c(=O)n(-c3ccc(F)cc3)c(SCc3cccc(F)c3)nc2c1)N1CCOCC1. The minimum absolute atomic E-state index is 0.145. The molecule has 6 nitrogen and oxygen atoms in total. The summed E-state index contributed by atoms with van der Waals surface area (Å²) >= 11 is 1.26. The van der Waals surface area contributed by atoms with Gasteiger partial charge in [0.2, 0.25) is 0 Å². The van der Waals surface area contributed by atoms with Crippen molar-refractivity contribution in [3.8, 4) is 5.69 Å². The van der Waals surface area contributed by atoms with Gasteiger partial charge in [0.25, 0.3) is 11.5 Å². The van der Waals surface area contributed by atoms with Crippen molar-refractivity contribution in [3.63, 3.8) is 0 Å². The van der Waals surface area contributed by atoms with Crippen LogP contribution in [-0.2, 0) is 10.5 Å². The molecule has 0 N–H and O–H groups in total. The maximum absolute atomic E-state index is 13.7. The molecular weight excluding hydrogens is 472 g/mol. The average molecular weight is 494 g/mol. The molecule has 1 aromatic heterocycles. The van der Waals surface area contributed by atoms with Crippen LogP contribution in [0.5, 0.6) is 0 Å². The summed E-state index contributed by atoms with van der Waals surface area (Å²) in [5.41, 5.74) is 1.67. The van der Waals surface area contributed by atoms with Crippen LogP contribution in [0.25, 0.3) is 16.6 Å². The maximum Gasteiger partial charge on any atom is 0.266 e. The van der Waals surface area contributed by atoms with E-state index in [1.807, 2.05) is 0 Å². The van der Waals surface area contributed by atoms with Crippen LogP contribution in [0.2, 0.25) is 0 Å². The Morgan fingerprint density at radius 2 is 1.74 bits per heavy atom. The van der Waals surface area contributed by atoms with Crippen LogP contribution in [-0.4, -0.2) is 46.7 Å². The zero-order valence-corrected chi connectivity index (χ0v) is 19.4. The second-order valence-corrected chi connectivity index (χ2v) is 9.01. The van der Waals surface area contributed by atoms with Gasteiger partial charge in [-0.2, -0.15) is 0 Å². The molecule has 35 heavy (non-hydrogen) atoms. The van der Waals surface area contributed by atoms with E-state index in [0.717, 1.165) is 5.56 Å². The highest BCUT2D eigenvalue weighted by molar-refractivity contribution is 7.98. The topological polar surface area (TPSA) is 64.4 Å². The molecule has 0 radical (unpaired) electrons. The van der Waals surface area contributed by atoms with E-state index >= 15 is 0 Å². The summed E-state index contributed by atoms with van der Waals surface area (Å²) in [6, 6.07) is 16.6. The third-order valence-corrected chi connectivity index (χ3v) is 6.74. The number of hydrogen-bond donors (Lipinski definition) is 0. The molecule has 9 heteroatoms. The van der Waals surface area contributed by atoms with Crippen molar-refractivity contribution < 1.29 is 18.3 Å². The highest BCUT2D eigenvalue weighted by Crippen LogP contribution is 2.26. The van der Waals surface area contributed by atoms with E-state index in [1.165, 1.54) is 52.7 Å². The summed E-state index contributed by atoms with van der Waals surface area (Å²) in [4.78, 5) is 32.9. The summed E-state index contributed by atoms with van der Waals surface area (Å²) in [7, 11) is 0. The average Bonchev–Trinajstić information content (AvgIpc) is 2.88. The van der Waals surface area contributed by atoms with E-state index in [0.29, 0.717) is 59.4 Å². The predicted molar refractivity (Wildman–Crippen MR) is 130 cm³/mol. The first-order chi connectivity index (χ1) is 17.0. The Balaban J connectivity index is 1.58. The van der Waals surface area contributed by atoms with Gasteiger partial charge in [0.15, 0.2) is 5.16 Å². The minimum atomic E-state index is -0.421. The fourth-order valence-corrected chi connectivity index (χ4v) is 4.89. The van der Waals surface area contributed by atoms with E-state index in [1.54, 1.807) is 35.2 Å². The molecule has 1 fully saturated rings. The van der Waals surface area contributed by atoms with Gasteiger partial charge in [-0.3, -0.25) is 14.2 Å². The maximum atomic E-state index is 13.7. The lowest BCUT2D eigenvalue weighted by atomic mass is 10.1. The van der Waals surface area contributed by atoms with Crippen LogP contribution >= 0.6 is 11.8 Å². The normalized spacial score (nSPS) is 13.8. The van der Waals surface area contributed by atoms with Crippen LogP contribution in [0.3, 0.4) is 0 Å². The fourth-order valence-electron chi connectivity index (χ4n) is 3.94. The quantitative estimate of drug-likeness (QED) is 0.304. The fraction of sp³-hybridized carbons (Fsp3) is 0.192. The second kappa shape index (κ2) is 9.97. The number of fused-ring (bicyclic) bond motifs is 1. The number of ether oxygens (including phenoxy) is 1. The van der Waals surface area contributed by atoms with E-state index in [-0.39, 0.29) is 17.3 Å². The highest BCUT2D eigenvalue weighted by atomic mass is 32.2. The largest absolute Gasteiger partial charge is 0.378 e. The first-order valence-electron chi connectivity index (χ1n) is 11.1. The zero-order valence-electron chi connectivity index (χ0n) is 18.6. The van der Waals surface area contributed by atoms with Crippen molar-refractivity contribution in [1.82, 2.24) is 14.5 Å². The van der Waals surface area contributed by atoms with Crippen molar-refractivity contribution in [2.75, 3.05) is 26.3 Å². The Morgan fingerprint density at radius 1 is 0.971 bits per heavy atom. The second-order valence-electron chi connectivity index (χ2n) is 8.07. The summed E-state index contributed by atoms with van der Waals surface area (Å²) in [6.07, 6.45) is 0. The zero-order chi connectivity index (χ0) is 24.4. The van der Waals surface area contributed by atoms with Crippen LogP contribution in [0.15, 0.2) is 76.7 Å². The molecule has 1 aliphatic heterocycles. The first-order valence-corrected chi connectivity index (χ1v) is 12.1. The number of carbonyl (C=O) groups excluding carboxylic acids is 1. The molecule has 1 aliphatic rings. The molecule has 1 saturated heterocycles. The van der Waals surface area contributed by atoms with Gasteiger partial charge in [-0.05, 0) is 60.2 Å². The number of amides is 1.